The highest BCUT2D eigenvalue weighted by Gasteiger charge is 2.27. The number of benzene rings is 1. The van der Waals surface area contributed by atoms with Crippen molar-refractivity contribution >= 4 is 16.7 Å². The van der Waals surface area contributed by atoms with Crippen molar-refractivity contribution < 1.29 is 0 Å². The van der Waals surface area contributed by atoms with Gasteiger partial charge in [0, 0.05) is 36.9 Å². The molecule has 1 atom stereocenters. The average molecular weight is 344 g/mol. The lowest BCUT2D eigenvalue weighted by Crippen LogP contribution is -2.34. The minimum absolute atomic E-state index is 0.456. The fourth-order valence-electron chi connectivity index (χ4n) is 3.43. The molecule has 3 heterocycles. The Morgan fingerprint density at radius 1 is 1.23 bits per heavy atom. The van der Waals surface area contributed by atoms with Crippen LogP contribution in [0.3, 0.4) is 0 Å². The lowest BCUT2D eigenvalue weighted by atomic mass is 10.1. The van der Waals surface area contributed by atoms with E-state index in [0.717, 1.165) is 48.6 Å². The SMILES string of the molecule is CN(Cc1ncccn1)[C@@H]1CCN(c2ccc3cc(C#N)ccc3n2)C1. The molecule has 3 aromatic rings. The summed E-state index contributed by atoms with van der Waals surface area (Å²) in [7, 11) is 2.13. The first-order valence-corrected chi connectivity index (χ1v) is 8.75. The van der Waals surface area contributed by atoms with Gasteiger partial charge in [-0.15, -0.1) is 0 Å². The molecule has 0 radical (unpaired) electrons. The molecule has 0 N–H and O–H groups in total. The molecule has 1 aliphatic heterocycles. The Kier molecular flexibility index (Phi) is 4.46. The first-order valence-electron chi connectivity index (χ1n) is 8.75. The van der Waals surface area contributed by atoms with E-state index in [2.05, 4.69) is 32.9 Å². The number of hydrogen-bond donors (Lipinski definition) is 0. The lowest BCUT2D eigenvalue weighted by molar-refractivity contribution is 0.244. The van der Waals surface area contributed by atoms with E-state index >= 15 is 0 Å². The van der Waals surface area contributed by atoms with Crippen LogP contribution in [-0.4, -0.2) is 46.0 Å². The average Bonchev–Trinajstić information content (AvgIpc) is 3.18. The highest BCUT2D eigenvalue weighted by atomic mass is 15.3. The summed E-state index contributed by atoms with van der Waals surface area (Å²) in [5, 5.41) is 10.0. The first kappa shape index (κ1) is 16.4. The number of anilines is 1. The van der Waals surface area contributed by atoms with Crippen LogP contribution in [0.5, 0.6) is 0 Å². The van der Waals surface area contributed by atoms with Gasteiger partial charge in [-0.05, 0) is 49.9 Å². The number of likely N-dealkylation sites (N-methyl/N-ethyl adjacent to an activating group) is 1. The summed E-state index contributed by atoms with van der Waals surface area (Å²) >= 11 is 0. The third kappa shape index (κ3) is 3.35. The van der Waals surface area contributed by atoms with Gasteiger partial charge < -0.3 is 4.90 Å². The Labute approximate surface area is 152 Å². The van der Waals surface area contributed by atoms with E-state index in [1.165, 1.54) is 0 Å². The number of hydrogen-bond acceptors (Lipinski definition) is 6. The molecule has 0 amide bonds. The molecule has 1 fully saturated rings. The van der Waals surface area contributed by atoms with Crippen molar-refractivity contribution in [2.24, 2.45) is 0 Å². The third-order valence-corrected chi connectivity index (χ3v) is 4.92. The summed E-state index contributed by atoms with van der Waals surface area (Å²) in [6.45, 7) is 2.68. The summed E-state index contributed by atoms with van der Waals surface area (Å²) in [4.78, 5) is 18.1. The van der Waals surface area contributed by atoms with Gasteiger partial charge in [0.25, 0.3) is 0 Å². The third-order valence-electron chi connectivity index (χ3n) is 4.92. The van der Waals surface area contributed by atoms with Crippen LogP contribution in [0, 0.1) is 11.3 Å². The minimum Gasteiger partial charge on any atom is -0.355 e. The van der Waals surface area contributed by atoms with Crippen LogP contribution < -0.4 is 4.90 Å². The summed E-state index contributed by atoms with van der Waals surface area (Å²) < 4.78 is 0. The number of nitrogens with zero attached hydrogens (tertiary/aromatic N) is 6. The number of aromatic nitrogens is 3. The number of nitriles is 1. The van der Waals surface area contributed by atoms with Crippen molar-refractivity contribution in [3.63, 3.8) is 0 Å². The monoisotopic (exact) mass is 344 g/mol. The molecule has 1 saturated heterocycles. The van der Waals surface area contributed by atoms with E-state index in [9.17, 15) is 0 Å². The highest BCUT2D eigenvalue weighted by molar-refractivity contribution is 5.81. The van der Waals surface area contributed by atoms with Crippen LogP contribution in [0.25, 0.3) is 10.9 Å². The Hall–Kier alpha value is -3.04. The highest BCUT2D eigenvalue weighted by Crippen LogP contribution is 2.24. The maximum absolute atomic E-state index is 9.02. The zero-order valence-electron chi connectivity index (χ0n) is 14.7. The molecule has 0 unspecified atom stereocenters. The molecular weight excluding hydrogens is 324 g/mol. The summed E-state index contributed by atoms with van der Waals surface area (Å²) in [6.07, 6.45) is 4.66. The largest absolute Gasteiger partial charge is 0.355 e. The van der Waals surface area contributed by atoms with Gasteiger partial charge in [0.1, 0.15) is 11.6 Å². The van der Waals surface area contributed by atoms with Crippen LogP contribution in [-0.2, 0) is 6.54 Å². The number of rotatable bonds is 4. The van der Waals surface area contributed by atoms with E-state index < -0.39 is 0 Å². The van der Waals surface area contributed by atoms with Gasteiger partial charge in [-0.2, -0.15) is 5.26 Å². The van der Waals surface area contributed by atoms with Gasteiger partial charge >= 0.3 is 0 Å². The van der Waals surface area contributed by atoms with E-state index in [0.29, 0.717) is 11.6 Å². The second-order valence-corrected chi connectivity index (χ2v) is 6.66. The normalized spacial score (nSPS) is 17.0. The molecule has 0 spiro atoms. The minimum atomic E-state index is 0.456. The molecule has 1 aromatic carbocycles. The molecule has 130 valence electrons. The van der Waals surface area contributed by atoms with Gasteiger partial charge in [-0.25, -0.2) is 15.0 Å². The van der Waals surface area contributed by atoms with Crippen LogP contribution >= 0.6 is 0 Å². The number of fused-ring (bicyclic) bond motifs is 1. The quantitative estimate of drug-likeness (QED) is 0.725. The molecule has 6 heteroatoms. The smallest absolute Gasteiger partial charge is 0.142 e. The van der Waals surface area contributed by atoms with Gasteiger partial charge in [-0.3, -0.25) is 4.90 Å². The first-order chi connectivity index (χ1) is 12.7. The number of pyridine rings is 1. The fourth-order valence-corrected chi connectivity index (χ4v) is 3.43. The standard InChI is InChI=1S/C20H20N6/c1-25(14-19-22-8-2-9-23-19)17-7-10-26(13-17)20-6-4-16-11-15(12-21)3-5-18(16)24-20/h2-6,8-9,11,17H,7,10,13-14H2,1H3/t17-/m1/s1. The van der Waals surface area contributed by atoms with E-state index in [4.69, 9.17) is 10.2 Å². The maximum Gasteiger partial charge on any atom is 0.142 e. The summed E-state index contributed by atoms with van der Waals surface area (Å²) in [5.41, 5.74) is 1.59. The molecule has 0 aliphatic carbocycles. The van der Waals surface area contributed by atoms with E-state index in [1.54, 1.807) is 12.4 Å². The van der Waals surface area contributed by atoms with Gasteiger partial charge in [0.15, 0.2) is 0 Å². The van der Waals surface area contributed by atoms with E-state index in [-0.39, 0.29) is 0 Å². The zero-order chi connectivity index (χ0) is 17.9. The van der Waals surface area contributed by atoms with Crippen molar-refractivity contribution in [1.82, 2.24) is 19.9 Å². The summed E-state index contributed by atoms with van der Waals surface area (Å²) in [5.74, 6) is 1.85. The Morgan fingerprint density at radius 2 is 2.08 bits per heavy atom. The van der Waals surface area contributed by atoms with E-state index in [1.807, 2.05) is 36.4 Å². The maximum atomic E-state index is 9.02. The Morgan fingerprint density at radius 3 is 2.88 bits per heavy atom. The van der Waals surface area contributed by atoms with Gasteiger partial charge in [0.2, 0.25) is 0 Å². The fraction of sp³-hybridized carbons (Fsp3) is 0.300. The van der Waals surface area contributed by atoms with Crippen LogP contribution in [0.2, 0.25) is 0 Å². The zero-order valence-corrected chi connectivity index (χ0v) is 14.7. The molecular formula is C20H20N6. The second-order valence-electron chi connectivity index (χ2n) is 6.66. The second kappa shape index (κ2) is 7.06. The van der Waals surface area contributed by atoms with Crippen molar-refractivity contribution in [2.75, 3.05) is 25.0 Å². The summed E-state index contributed by atoms with van der Waals surface area (Å²) in [6, 6.07) is 14.2. The predicted molar refractivity (Wildman–Crippen MR) is 101 cm³/mol. The Balaban J connectivity index is 1.46. The molecule has 26 heavy (non-hydrogen) atoms. The van der Waals surface area contributed by atoms with Crippen LogP contribution in [0.15, 0.2) is 48.8 Å². The molecule has 0 bridgehead atoms. The lowest BCUT2D eigenvalue weighted by Gasteiger charge is -2.24. The predicted octanol–water partition coefficient (Wildman–Crippen LogP) is 2.61. The Bertz CT molecular complexity index is 949. The van der Waals surface area contributed by atoms with Crippen molar-refractivity contribution in [2.45, 2.75) is 19.0 Å². The van der Waals surface area contributed by atoms with Crippen LogP contribution in [0.4, 0.5) is 5.82 Å². The molecule has 0 saturated carbocycles. The molecule has 6 nitrogen and oxygen atoms in total. The van der Waals surface area contributed by atoms with Crippen molar-refractivity contribution in [3.8, 4) is 6.07 Å². The van der Waals surface area contributed by atoms with Crippen molar-refractivity contribution in [1.29, 1.82) is 5.26 Å². The molecule has 2 aromatic heterocycles. The molecule has 1 aliphatic rings. The van der Waals surface area contributed by atoms with Crippen LogP contribution in [0.1, 0.15) is 17.8 Å². The van der Waals surface area contributed by atoms with Crippen molar-refractivity contribution in [3.05, 3.63) is 60.2 Å². The molecule has 4 rings (SSSR count). The topological polar surface area (TPSA) is 68.9 Å². The van der Waals surface area contributed by atoms with Gasteiger partial charge in [-0.1, -0.05) is 0 Å². The van der Waals surface area contributed by atoms with Gasteiger partial charge in [0.05, 0.1) is 23.7 Å².